The summed E-state index contributed by atoms with van der Waals surface area (Å²) in [5.74, 6) is -3.24. The van der Waals surface area contributed by atoms with E-state index < -0.39 is 17.9 Å². The van der Waals surface area contributed by atoms with Crippen molar-refractivity contribution in [3.05, 3.63) is 77.6 Å². The molecule has 8 rings (SSSR count). The molecule has 0 bridgehead atoms. The molecule has 5 heterocycles. The molecular weight excluding hydrogens is 754 g/mol. The molecule has 1 aliphatic carbocycles. The maximum atomic E-state index is 15.6. The topological polar surface area (TPSA) is 71.6 Å². The number of amides is 2. The number of piperidine rings is 2. The molecule has 0 radical (unpaired) electrons. The van der Waals surface area contributed by atoms with Crippen LogP contribution in [0.4, 0.5) is 23.7 Å². The van der Waals surface area contributed by atoms with E-state index in [1.165, 1.54) is 43.8 Å². The predicted molar refractivity (Wildman–Crippen MR) is 225 cm³/mol. The highest BCUT2D eigenvalue weighted by molar-refractivity contribution is 5.88. The number of carbonyl (C=O) groups is 2. The van der Waals surface area contributed by atoms with Crippen molar-refractivity contribution in [2.75, 3.05) is 97.1 Å². The first kappa shape index (κ1) is 42.1. The van der Waals surface area contributed by atoms with Gasteiger partial charge in [0, 0.05) is 74.6 Å². The molecule has 59 heavy (non-hydrogen) atoms. The quantitative estimate of drug-likeness (QED) is 0.204. The average molecular weight is 819 g/mol. The maximum Gasteiger partial charge on any atom is 0.407 e. The number of hydrogen-bond donors (Lipinski definition) is 1. The fourth-order valence-electron chi connectivity index (χ4n) is 11.5. The molecule has 4 atom stereocenters. The zero-order valence-electron chi connectivity index (χ0n) is 35.0. The Bertz CT molecular complexity index is 1760. The van der Waals surface area contributed by atoms with E-state index in [4.69, 9.17) is 4.74 Å². The molecule has 2 amide bonds. The lowest BCUT2D eigenvalue weighted by Gasteiger charge is -2.53. The first-order chi connectivity index (χ1) is 28.6. The molecule has 12 heteroatoms. The van der Waals surface area contributed by atoms with Crippen molar-refractivity contribution in [2.24, 2.45) is 23.7 Å². The molecular formula is C47H65F3N6O3. The van der Waals surface area contributed by atoms with Crippen molar-refractivity contribution < 1.29 is 27.5 Å². The molecule has 1 unspecified atom stereocenters. The van der Waals surface area contributed by atoms with Gasteiger partial charge in [-0.25, -0.2) is 18.0 Å². The number of ether oxygens (including phenoxy) is 1. The van der Waals surface area contributed by atoms with Gasteiger partial charge in [-0.2, -0.15) is 0 Å². The molecule has 1 saturated carbocycles. The van der Waals surface area contributed by atoms with Crippen LogP contribution in [0.2, 0.25) is 0 Å². The summed E-state index contributed by atoms with van der Waals surface area (Å²) in [6.45, 7) is 10.7. The second kappa shape index (κ2) is 18.6. The first-order valence-electron chi connectivity index (χ1n) is 22.6. The van der Waals surface area contributed by atoms with Crippen LogP contribution < -0.4 is 10.2 Å². The Hall–Kier alpha value is -3.61. The molecule has 0 aromatic heterocycles. The first-order valence-corrected chi connectivity index (χ1v) is 22.6. The van der Waals surface area contributed by atoms with Crippen molar-refractivity contribution in [2.45, 2.75) is 81.6 Å². The summed E-state index contributed by atoms with van der Waals surface area (Å²) in [6, 6.07) is 14.1. The lowest BCUT2D eigenvalue weighted by molar-refractivity contribution is -0.151. The summed E-state index contributed by atoms with van der Waals surface area (Å²) in [4.78, 5) is 36.5. The number of nitrogens with one attached hydrogen (secondary N) is 1. The third kappa shape index (κ3) is 9.35. The zero-order valence-corrected chi connectivity index (χ0v) is 35.0. The number of likely N-dealkylation sites (tertiary alicyclic amines) is 4. The van der Waals surface area contributed by atoms with E-state index in [0.717, 1.165) is 122 Å². The minimum absolute atomic E-state index is 0.0179. The molecule has 5 saturated heterocycles. The summed E-state index contributed by atoms with van der Waals surface area (Å²) in [5, 5.41) is 3.19. The number of rotatable bonds is 14. The maximum absolute atomic E-state index is 15.6. The molecule has 322 valence electrons. The van der Waals surface area contributed by atoms with Crippen LogP contribution in [-0.4, -0.2) is 130 Å². The highest BCUT2D eigenvalue weighted by atomic mass is 19.3. The van der Waals surface area contributed by atoms with Gasteiger partial charge in [-0.3, -0.25) is 9.69 Å². The van der Waals surface area contributed by atoms with Gasteiger partial charge >= 0.3 is 6.09 Å². The van der Waals surface area contributed by atoms with E-state index in [0.29, 0.717) is 11.8 Å². The van der Waals surface area contributed by atoms with Gasteiger partial charge in [0.2, 0.25) is 5.91 Å². The number of benzene rings is 2. The molecule has 5 aliphatic heterocycles. The van der Waals surface area contributed by atoms with Crippen LogP contribution in [-0.2, 0) is 20.9 Å². The normalized spacial score (nSPS) is 26.5. The van der Waals surface area contributed by atoms with Gasteiger partial charge in [0.05, 0.1) is 13.0 Å². The number of nitrogens with zero attached hydrogens (tertiary/aromatic N) is 5. The lowest BCUT2D eigenvalue weighted by atomic mass is 9.57. The van der Waals surface area contributed by atoms with Gasteiger partial charge in [0.1, 0.15) is 5.82 Å². The van der Waals surface area contributed by atoms with Crippen LogP contribution >= 0.6 is 0 Å². The number of hydrogen-bond acceptors (Lipinski definition) is 7. The summed E-state index contributed by atoms with van der Waals surface area (Å²) in [5.41, 5.74) is 1.78. The molecule has 0 spiro atoms. The number of anilines is 1. The highest BCUT2D eigenvalue weighted by Gasteiger charge is 2.53. The van der Waals surface area contributed by atoms with Gasteiger partial charge in [0.25, 0.3) is 5.92 Å². The smallest absolute Gasteiger partial charge is 0.407 e. The SMILES string of the molecule is COC(=O)N[C@H]1CCC[C@@H]1C(CN1CCC1)(c1cccc(F)c1)C1CCN(C[C@@H]2CCN(c3ccc(C(F)(F)C4CN(C(=O)/C=C/CN5CCCCC5)C4)cc3)C2)CC1. The van der Waals surface area contributed by atoms with Gasteiger partial charge < -0.3 is 29.7 Å². The average Bonchev–Trinajstić information content (AvgIpc) is 3.88. The standard InChI is InChI=1S/C47H65F3N6O3/c1-59-45(58)51-43-12-6-11-42(43)46(34-54-24-8-25-54,38-9-5-10-40(48)29-38)36-19-26-53(27-20-36)30-35-18-28-55(31-35)41-16-14-37(15-17-41)47(49,50)39-32-56(33-39)44(57)13-7-23-52-21-3-2-4-22-52/h5,7,9-10,13-17,29,35-36,39,42-43H,2-4,6,8,11-12,18-28,30-34H2,1H3,(H,51,58)/b13-7+/t35-,42-,43-,46?/m0/s1. The van der Waals surface area contributed by atoms with Crippen LogP contribution in [0, 0.1) is 29.5 Å². The molecule has 6 fully saturated rings. The van der Waals surface area contributed by atoms with E-state index in [1.807, 2.05) is 24.3 Å². The van der Waals surface area contributed by atoms with Gasteiger partial charge in [-0.15, -0.1) is 0 Å². The Morgan fingerprint density at radius 1 is 0.780 bits per heavy atom. The number of halogens is 3. The summed E-state index contributed by atoms with van der Waals surface area (Å²) >= 11 is 0. The highest BCUT2D eigenvalue weighted by Crippen LogP contribution is 2.52. The monoisotopic (exact) mass is 819 g/mol. The minimum Gasteiger partial charge on any atom is -0.453 e. The van der Waals surface area contributed by atoms with Crippen LogP contribution in [0.15, 0.2) is 60.7 Å². The van der Waals surface area contributed by atoms with E-state index in [2.05, 4.69) is 31.0 Å². The van der Waals surface area contributed by atoms with Crippen molar-refractivity contribution >= 4 is 17.7 Å². The van der Waals surface area contributed by atoms with E-state index in [9.17, 15) is 9.59 Å². The molecule has 2 aromatic carbocycles. The van der Waals surface area contributed by atoms with Crippen molar-refractivity contribution in [1.29, 1.82) is 0 Å². The Balaban J connectivity index is 0.852. The number of alkyl halides is 2. The van der Waals surface area contributed by atoms with Crippen LogP contribution in [0.25, 0.3) is 0 Å². The van der Waals surface area contributed by atoms with Gasteiger partial charge in [0.15, 0.2) is 0 Å². The molecule has 1 N–H and O–H groups in total. The minimum atomic E-state index is -3.00. The third-order valence-electron chi connectivity index (χ3n) is 15.0. The van der Waals surface area contributed by atoms with Crippen molar-refractivity contribution in [3.8, 4) is 0 Å². The zero-order chi connectivity index (χ0) is 41.0. The third-order valence-corrected chi connectivity index (χ3v) is 15.0. The predicted octanol–water partition coefficient (Wildman–Crippen LogP) is 7.12. The second-order valence-electron chi connectivity index (χ2n) is 18.5. The Kier molecular flexibility index (Phi) is 13.2. The largest absolute Gasteiger partial charge is 0.453 e. The number of alkyl carbamates (subject to hydrolysis) is 1. The Morgan fingerprint density at radius 2 is 1.53 bits per heavy atom. The Morgan fingerprint density at radius 3 is 2.22 bits per heavy atom. The Labute approximate surface area is 349 Å². The number of carbonyl (C=O) groups excluding carboxylic acids is 2. The van der Waals surface area contributed by atoms with Crippen LogP contribution in [0.3, 0.4) is 0 Å². The van der Waals surface area contributed by atoms with Gasteiger partial charge in [-0.05, 0) is 138 Å². The summed E-state index contributed by atoms with van der Waals surface area (Å²) in [7, 11) is 1.42. The van der Waals surface area contributed by atoms with Crippen molar-refractivity contribution in [1.82, 2.24) is 24.9 Å². The van der Waals surface area contributed by atoms with Crippen molar-refractivity contribution in [3.63, 3.8) is 0 Å². The summed E-state index contributed by atoms with van der Waals surface area (Å²) < 4.78 is 51.3. The summed E-state index contributed by atoms with van der Waals surface area (Å²) in [6.07, 6.45) is 13.9. The van der Waals surface area contributed by atoms with E-state index in [-0.39, 0.29) is 47.8 Å². The number of methoxy groups -OCH3 is 1. The second-order valence-corrected chi connectivity index (χ2v) is 18.5. The van der Waals surface area contributed by atoms with Crippen LogP contribution in [0.1, 0.15) is 75.3 Å². The van der Waals surface area contributed by atoms with Gasteiger partial charge in [-0.1, -0.05) is 43.2 Å². The lowest BCUT2D eigenvalue weighted by Crippen LogP contribution is -2.59. The van der Waals surface area contributed by atoms with E-state index in [1.54, 1.807) is 24.3 Å². The fraction of sp³-hybridized carbons (Fsp3) is 0.660. The van der Waals surface area contributed by atoms with E-state index >= 15 is 13.2 Å². The van der Waals surface area contributed by atoms with Crippen LogP contribution in [0.5, 0.6) is 0 Å². The fourth-order valence-corrected chi connectivity index (χ4v) is 11.5. The molecule has 9 nitrogen and oxygen atoms in total. The molecule has 2 aromatic rings. The molecule has 6 aliphatic rings.